The number of thiazole rings is 1. The molecule has 1 aromatic carbocycles. The fourth-order valence-corrected chi connectivity index (χ4v) is 3.88. The summed E-state index contributed by atoms with van der Waals surface area (Å²) in [6.07, 6.45) is 0. The van der Waals surface area contributed by atoms with Crippen molar-refractivity contribution in [3.8, 4) is 5.75 Å². The second kappa shape index (κ2) is 7.81. The second-order valence-electron chi connectivity index (χ2n) is 5.87. The Kier molecular flexibility index (Phi) is 5.52. The van der Waals surface area contributed by atoms with Gasteiger partial charge in [0.25, 0.3) is 0 Å². The van der Waals surface area contributed by atoms with E-state index in [-0.39, 0.29) is 5.91 Å². The number of nitrogens with one attached hydrogen (secondary N) is 1. The Morgan fingerprint density at radius 2 is 2.12 bits per heavy atom. The van der Waals surface area contributed by atoms with Gasteiger partial charge in [0.2, 0.25) is 5.91 Å². The highest BCUT2D eigenvalue weighted by atomic mass is 32.1. The lowest BCUT2D eigenvalue weighted by molar-refractivity contribution is -0.119. The molecule has 0 radical (unpaired) electrons. The van der Waals surface area contributed by atoms with Crippen LogP contribution in [0, 0.1) is 0 Å². The molecule has 2 aromatic rings. The number of hydrogen-bond donors (Lipinski definition) is 1. The third-order valence-corrected chi connectivity index (χ3v) is 5.18. The molecule has 0 bridgehead atoms. The summed E-state index contributed by atoms with van der Waals surface area (Å²) >= 11 is 1.73. The molecule has 1 saturated heterocycles. The molecular formula is C17H24N4O2S. The molecule has 0 spiro atoms. The predicted molar refractivity (Wildman–Crippen MR) is 98.1 cm³/mol. The van der Waals surface area contributed by atoms with Crippen LogP contribution in [-0.4, -0.2) is 61.7 Å². The van der Waals surface area contributed by atoms with E-state index < -0.39 is 0 Å². The molecule has 1 aromatic heterocycles. The number of anilines is 1. The number of carbonyl (C=O) groups excluding carboxylic acids is 1. The fraction of sp³-hybridized carbons (Fsp3) is 0.529. The van der Waals surface area contributed by atoms with Gasteiger partial charge in [0, 0.05) is 46.2 Å². The SMILES string of the molecule is CCOc1ccc2nc(N3CCN(CCNC(C)=O)CC3)sc2c1. The van der Waals surface area contributed by atoms with E-state index in [4.69, 9.17) is 9.72 Å². The highest BCUT2D eigenvalue weighted by molar-refractivity contribution is 7.22. The quantitative estimate of drug-likeness (QED) is 0.865. The number of aromatic nitrogens is 1. The minimum Gasteiger partial charge on any atom is -0.494 e. The Morgan fingerprint density at radius 3 is 2.83 bits per heavy atom. The first kappa shape index (κ1) is 17.0. The maximum Gasteiger partial charge on any atom is 0.216 e. The number of nitrogens with zero attached hydrogens (tertiary/aromatic N) is 3. The largest absolute Gasteiger partial charge is 0.494 e. The van der Waals surface area contributed by atoms with Crippen molar-refractivity contribution in [2.75, 3.05) is 50.8 Å². The molecule has 1 fully saturated rings. The first-order chi connectivity index (χ1) is 11.7. The van der Waals surface area contributed by atoms with Crippen molar-refractivity contribution in [3.05, 3.63) is 18.2 Å². The minimum absolute atomic E-state index is 0.0366. The monoisotopic (exact) mass is 348 g/mol. The van der Waals surface area contributed by atoms with E-state index in [1.54, 1.807) is 18.3 Å². The smallest absolute Gasteiger partial charge is 0.216 e. The summed E-state index contributed by atoms with van der Waals surface area (Å²) in [6, 6.07) is 6.09. The van der Waals surface area contributed by atoms with Gasteiger partial charge in [-0.2, -0.15) is 0 Å². The third kappa shape index (κ3) is 4.15. The van der Waals surface area contributed by atoms with Crippen molar-refractivity contribution in [3.63, 3.8) is 0 Å². The van der Waals surface area contributed by atoms with Crippen molar-refractivity contribution in [1.82, 2.24) is 15.2 Å². The molecule has 130 valence electrons. The zero-order chi connectivity index (χ0) is 16.9. The topological polar surface area (TPSA) is 57.7 Å². The zero-order valence-electron chi connectivity index (χ0n) is 14.2. The van der Waals surface area contributed by atoms with E-state index in [0.29, 0.717) is 6.61 Å². The van der Waals surface area contributed by atoms with Gasteiger partial charge in [0.1, 0.15) is 5.75 Å². The van der Waals surface area contributed by atoms with Crippen LogP contribution >= 0.6 is 11.3 Å². The molecule has 1 N–H and O–H groups in total. The number of carbonyl (C=O) groups is 1. The van der Waals surface area contributed by atoms with Crippen LogP contribution in [0.3, 0.4) is 0 Å². The molecule has 6 nitrogen and oxygen atoms in total. The number of amides is 1. The van der Waals surface area contributed by atoms with Crippen LogP contribution in [0.5, 0.6) is 5.75 Å². The number of piperazine rings is 1. The summed E-state index contributed by atoms with van der Waals surface area (Å²) < 4.78 is 6.74. The number of hydrogen-bond acceptors (Lipinski definition) is 6. The van der Waals surface area contributed by atoms with Crippen molar-refractivity contribution >= 4 is 32.6 Å². The zero-order valence-corrected chi connectivity index (χ0v) is 15.1. The van der Waals surface area contributed by atoms with Crippen LogP contribution in [0.2, 0.25) is 0 Å². The molecular weight excluding hydrogens is 324 g/mol. The molecule has 0 unspecified atom stereocenters. The molecule has 0 saturated carbocycles. The molecule has 2 heterocycles. The average molecular weight is 348 g/mol. The standard InChI is InChI=1S/C17H24N4O2S/c1-3-23-14-4-5-15-16(12-14)24-17(19-15)21-10-8-20(9-11-21)7-6-18-13(2)22/h4-5,12H,3,6-11H2,1-2H3,(H,18,22). The van der Waals surface area contributed by atoms with Gasteiger partial charge in [-0.1, -0.05) is 11.3 Å². The Balaban J connectivity index is 1.58. The van der Waals surface area contributed by atoms with Crippen molar-refractivity contribution < 1.29 is 9.53 Å². The summed E-state index contributed by atoms with van der Waals surface area (Å²) in [4.78, 5) is 20.4. The number of ether oxygens (including phenoxy) is 1. The van der Waals surface area contributed by atoms with Gasteiger partial charge < -0.3 is 15.0 Å². The minimum atomic E-state index is 0.0366. The Morgan fingerprint density at radius 1 is 1.33 bits per heavy atom. The first-order valence-corrected chi connectivity index (χ1v) is 9.22. The highest BCUT2D eigenvalue weighted by Gasteiger charge is 2.19. The van der Waals surface area contributed by atoms with E-state index in [9.17, 15) is 4.79 Å². The molecule has 0 aliphatic carbocycles. The van der Waals surface area contributed by atoms with E-state index >= 15 is 0 Å². The van der Waals surface area contributed by atoms with Gasteiger partial charge in [-0.15, -0.1) is 0 Å². The van der Waals surface area contributed by atoms with E-state index in [0.717, 1.165) is 55.7 Å². The summed E-state index contributed by atoms with van der Waals surface area (Å²) in [7, 11) is 0. The van der Waals surface area contributed by atoms with Crippen LogP contribution in [0.25, 0.3) is 10.2 Å². The van der Waals surface area contributed by atoms with Gasteiger partial charge >= 0.3 is 0 Å². The highest BCUT2D eigenvalue weighted by Crippen LogP contribution is 2.31. The normalized spacial score (nSPS) is 15.7. The van der Waals surface area contributed by atoms with Crippen molar-refractivity contribution in [2.24, 2.45) is 0 Å². The van der Waals surface area contributed by atoms with E-state index in [1.807, 2.05) is 19.1 Å². The van der Waals surface area contributed by atoms with Crippen molar-refractivity contribution in [1.29, 1.82) is 0 Å². The summed E-state index contributed by atoms with van der Waals surface area (Å²) in [5.74, 6) is 0.942. The lowest BCUT2D eigenvalue weighted by Crippen LogP contribution is -2.48. The van der Waals surface area contributed by atoms with E-state index in [2.05, 4.69) is 21.2 Å². The van der Waals surface area contributed by atoms with Crippen LogP contribution in [0.1, 0.15) is 13.8 Å². The maximum absolute atomic E-state index is 10.9. The number of rotatable bonds is 6. The van der Waals surface area contributed by atoms with Crippen molar-refractivity contribution in [2.45, 2.75) is 13.8 Å². The Bertz CT molecular complexity index is 695. The van der Waals surface area contributed by atoms with Gasteiger partial charge in [0.15, 0.2) is 5.13 Å². The van der Waals surface area contributed by atoms with Gasteiger partial charge in [-0.05, 0) is 25.1 Å². The molecule has 1 aliphatic rings. The molecule has 0 atom stereocenters. The lowest BCUT2D eigenvalue weighted by atomic mass is 10.3. The molecule has 1 amide bonds. The van der Waals surface area contributed by atoms with Gasteiger partial charge in [-0.25, -0.2) is 4.98 Å². The number of benzene rings is 1. The summed E-state index contributed by atoms with van der Waals surface area (Å²) in [5.41, 5.74) is 1.03. The first-order valence-electron chi connectivity index (χ1n) is 8.41. The van der Waals surface area contributed by atoms with E-state index in [1.165, 1.54) is 4.70 Å². The molecule has 7 heteroatoms. The Labute approximate surface area is 146 Å². The van der Waals surface area contributed by atoms with Crippen LogP contribution in [0.15, 0.2) is 18.2 Å². The summed E-state index contributed by atoms with van der Waals surface area (Å²) in [5, 5.41) is 3.94. The summed E-state index contributed by atoms with van der Waals surface area (Å²) in [6.45, 7) is 9.80. The fourth-order valence-electron chi connectivity index (χ4n) is 2.84. The van der Waals surface area contributed by atoms with Gasteiger partial charge in [0.05, 0.1) is 16.8 Å². The lowest BCUT2D eigenvalue weighted by Gasteiger charge is -2.34. The third-order valence-electron chi connectivity index (χ3n) is 4.10. The van der Waals surface area contributed by atoms with Crippen LogP contribution < -0.4 is 15.0 Å². The molecule has 3 rings (SSSR count). The van der Waals surface area contributed by atoms with Gasteiger partial charge in [-0.3, -0.25) is 9.69 Å². The number of fused-ring (bicyclic) bond motifs is 1. The van der Waals surface area contributed by atoms with Crippen LogP contribution in [-0.2, 0) is 4.79 Å². The Hall–Kier alpha value is -1.86. The van der Waals surface area contributed by atoms with Crippen LogP contribution in [0.4, 0.5) is 5.13 Å². The maximum atomic E-state index is 10.9. The average Bonchev–Trinajstić information content (AvgIpc) is 2.99. The molecule has 1 aliphatic heterocycles. The second-order valence-corrected chi connectivity index (χ2v) is 6.88. The molecule has 24 heavy (non-hydrogen) atoms. The predicted octanol–water partition coefficient (Wildman–Crippen LogP) is 1.95.